The molecule has 2 aromatic carbocycles. The Morgan fingerprint density at radius 2 is 1.26 bits per heavy atom. The molecule has 2 N–H and O–H groups in total. The highest BCUT2D eigenvalue weighted by atomic mass is 16.3. The molecule has 2 heteroatoms. The number of hydrogen-bond donors (Lipinski definition) is 2. The Bertz CT molecular complexity index is 725. The number of hydrogen-bond acceptors (Lipinski definition) is 2. The monoisotopic (exact) mass is 306 g/mol. The van der Waals surface area contributed by atoms with Crippen molar-refractivity contribution in [2.45, 2.75) is 31.6 Å². The molecule has 23 heavy (non-hydrogen) atoms. The molecular formula is C21H22O2. The summed E-state index contributed by atoms with van der Waals surface area (Å²) in [4.78, 5) is 0. The van der Waals surface area contributed by atoms with E-state index >= 15 is 0 Å². The Balaban J connectivity index is 1.80. The lowest BCUT2D eigenvalue weighted by molar-refractivity contribution is 0.464. The second-order valence-corrected chi connectivity index (χ2v) is 6.39. The molecular weight excluding hydrogens is 284 g/mol. The fourth-order valence-corrected chi connectivity index (χ4v) is 2.99. The minimum Gasteiger partial charge on any atom is -0.508 e. The van der Waals surface area contributed by atoms with Crippen LogP contribution in [0.5, 0.6) is 11.5 Å². The van der Waals surface area contributed by atoms with Crippen LogP contribution in [0.2, 0.25) is 0 Å². The van der Waals surface area contributed by atoms with Crippen molar-refractivity contribution in [3.05, 3.63) is 83.5 Å². The normalized spacial score (nSPS) is 20.1. The molecule has 0 unspecified atom stereocenters. The summed E-state index contributed by atoms with van der Waals surface area (Å²) in [5.74, 6) is 1.45. The summed E-state index contributed by atoms with van der Waals surface area (Å²) in [6.45, 7) is 4.18. The molecule has 1 aliphatic carbocycles. The van der Waals surface area contributed by atoms with Crippen molar-refractivity contribution in [3.8, 4) is 11.5 Å². The van der Waals surface area contributed by atoms with Gasteiger partial charge in [-0.25, -0.2) is 0 Å². The van der Waals surface area contributed by atoms with E-state index in [9.17, 15) is 10.2 Å². The summed E-state index contributed by atoms with van der Waals surface area (Å²) in [5.41, 5.74) is 3.36. The van der Waals surface area contributed by atoms with Gasteiger partial charge in [-0.3, -0.25) is 0 Å². The molecule has 0 aliphatic heterocycles. The highest BCUT2D eigenvalue weighted by Crippen LogP contribution is 2.34. The van der Waals surface area contributed by atoms with Gasteiger partial charge in [0.15, 0.2) is 0 Å². The van der Waals surface area contributed by atoms with E-state index in [-0.39, 0.29) is 11.8 Å². The lowest BCUT2D eigenvalue weighted by Crippen LogP contribution is -2.01. The third-order valence-electron chi connectivity index (χ3n) is 4.39. The van der Waals surface area contributed by atoms with Crippen molar-refractivity contribution in [2.24, 2.45) is 0 Å². The summed E-state index contributed by atoms with van der Waals surface area (Å²) >= 11 is 0. The maximum Gasteiger partial charge on any atom is 0.119 e. The Morgan fingerprint density at radius 3 is 1.83 bits per heavy atom. The smallest absolute Gasteiger partial charge is 0.119 e. The Labute approximate surface area is 137 Å². The van der Waals surface area contributed by atoms with Crippen molar-refractivity contribution in [1.29, 1.82) is 0 Å². The van der Waals surface area contributed by atoms with Gasteiger partial charge in [-0.15, -0.1) is 0 Å². The molecule has 0 saturated carbocycles. The zero-order chi connectivity index (χ0) is 16.4. The Hall–Kier alpha value is -2.48. The van der Waals surface area contributed by atoms with Gasteiger partial charge in [0, 0.05) is 11.8 Å². The first kappa shape index (κ1) is 15.4. The first-order valence-electron chi connectivity index (χ1n) is 8.03. The Kier molecular flexibility index (Phi) is 4.24. The molecule has 118 valence electrons. The van der Waals surface area contributed by atoms with Crippen LogP contribution in [0, 0.1) is 0 Å². The van der Waals surface area contributed by atoms with Crippen LogP contribution < -0.4 is 0 Å². The van der Waals surface area contributed by atoms with Crippen LogP contribution in [-0.2, 0) is 0 Å². The molecule has 0 amide bonds. The van der Waals surface area contributed by atoms with Crippen molar-refractivity contribution >= 4 is 0 Å². The molecule has 2 nitrogen and oxygen atoms in total. The van der Waals surface area contributed by atoms with Gasteiger partial charge in [-0.1, -0.05) is 62.4 Å². The first-order chi connectivity index (χ1) is 11.0. The quantitative estimate of drug-likeness (QED) is 0.764. The van der Waals surface area contributed by atoms with Gasteiger partial charge in [0.25, 0.3) is 0 Å². The van der Waals surface area contributed by atoms with Crippen molar-refractivity contribution < 1.29 is 10.2 Å². The summed E-state index contributed by atoms with van der Waals surface area (Å²) in [6.07, 6.45) is 8.79. The van der Waals surface area contributed by atoms with Gasteiger partial charge in [0.2, 0.25) is 0 Å². The third kappa shape index (κ3) is 3.31. The van der Waals surface area contributed by atoms with Crippen molar-refractivity contribution in [3.63, 3.8) is 0 Å². The molecule has 0 saturated heterocycles. The van der Waals surface area contributed by atoms with Crippen LogP contribution in [-0.4, -0.2) is 10.2 Å². The van der Waals surface area contributed by atoms with Gasteiger partial charge in [-0.2, -0.15) is 0 Å². The van der Waals surface area contributed by atoms with Crippen LogP contribution in [0.3, 0.4) is 0 Å². The molecule has 0 fully saturated rings. The van der Waals surface area contributed by atoms with Crippen LogP contribution in [0.15, 0.2) is 66.8 Å². The maximum atomic E-state index is 9.96. The van der Waals surface area contributed by atoms with Gasteiger partial charge in [0.05, 0.1) is 0 Å². The SMILES string of the molecule is CC(C)c1cc(C2C=CC(c3ccc(O)cc3)C=C2)ccc1O. The molecule has 2 aromatic rings. The zero-order valence-electron chi connectivity index (χ0n) is 13.5. The lowest BCUT2D eigenvalue weighted by Gasteiger charge is -2.19. The Morgan fingerprint density at radius 1 is 0.739 bits per heavy atom. The van der Waals surface area contributed by atoms with Crippen molar-refractivity contribution in [1.82, 2.24) is 0 Å². The van der Waals surface area contributed by atoms with Gasteiger partial charge in [-0.05, 0) is 40.8 Å². The second-order valence-electron chi connectivity index (χ2n) is 6.39. The van der Waals surface area contributed by atoms with E-state index in [0.717, 1.165) is 5.56 Å². The fourth-order valence-electron chi connectivity index (χ4n) is 2.99. The molecule has 1 aliphatic rings. The highest BCUT2D eigenvalue weighted by Gasteiger charge is 2.15. The van der Waals surface area contributed by atoms with E-state index in [1.807, 2.05) is 18.2 Å². The average Bonchev–Trinajstić information content (AvgIpc) is 2.56. The van der Waals surface area contributed by atoms with Gasteiger partial charge >= 0.3 is 0 Å². The van der Waals surface area contributed by atoms with E-state index in [0.29, 0.717) is 17.4 Å². The predicted molar refractivity (Wildman–Crippen MR) is 94.1 cm³/mol. The topological polar surface area (TPSA) is 40.5 Å². The number of phenolic OH excluding ortho intramolecular Hbond substituents is 2. The van der Waals surface area contributed by atoms with Gasteiger partial charge < -0.3 is 10.2 Å². The molecule has 3 rings (SSSR count). The molecule has 0 aromatic heterocycles. The average molecular weight is 306 g/mol. The largest absolute Gasteiger partial charge is 0.508 e. The van der Waals surface area contributed by atoms with E-state index < -0.39 is 0 Å². The number of phenols is 2. The molecule has 0 radical (unpaired) electrons. The molecule has 0 bridgehead atoms. The maximum absolute atomic E-state index is 9.96. The fraction of sp³-hybridized carbons (Fsp3) is 0.238. The zero-order valence-corrected chi connectivity index (χ0v) is 13.5. The van der Waals surface area contributed by atoms with E-state index in [1.165, 1.54) is 11.1 Å². The summed E-state index contributed by atoms with van der Waals surface area (Å²) in [7, 11) is 0. The lowest BCUT2D eigenvalue weighted by atomic mass is 9.86. The van der Waals surface area contributed by atoms with E-state index in [4.69, 9.17) is 0 Å². The van der Waals surface area contributed by atoms with Crippen LogP contribution >= 0.6 is 0 Å². The molecule has 0 atom stereocenters. The second kappa shape index (κ2) is 6.33. The van der Waals surface area contributed by atoms with Crippen LogP contribution in [0.1, 0.15) is 48.3 Å². The van der Waals surface area contributed by atoms with Gasteiger partial charge in [0.1, 0.15) is 11.5 Å². The van der Waals surface area contributed by atoms with Crippen LogP contribution in [0.25, 0.3) is 0 Å². The highest BCUT2D eigenvalue weighted by molar-refractivity contribution is 5.44. The minimum atomic E-state index is 0.237. The third-order valence-corrected chi connectivity index (χ3v) is 4.39. The summed E-state index contributed by atoms with van der Waals surface area (Å²) < 4.78 is 0. The molecule has 0 spiro atoms. The van der Waals surface area contributed by atoms with E-state index in [2.05, 4.69) is 44.2 Å². The minimum absolute atomic E-state index is 0.237. The number of allylic oxidation sites excluding steroid dienone is 4. The number of aromatic hydroxyl groups is 2. The summed E-state index contributed by atoms with van der Waals surface area (Å²) in [5, 5.41) is 19.3. The molecule has 0 heterocycles. The standard InChI is InChI=1S/C21H22O2/c1-14(2)20-13-18(9-12-21(20)23)17-5-3-15(4-6-17)16-7-10-19(22)11-8-16/h3-15,17,22-23H,1-2H3. The van der Waals surface area contributed by atoms with Crippen molar-refractivity contribution in [2.75, 3.05) is 0 Å². The predicted octanol–water partition coefficient (Wildman–Crippen LogP) is 5.21. The first-order valence-corrected chi connectivity index (χ1v) is 8.03. The number of benzene rings is 2. The van der Waals surface area contributed by atoms with E-state index in [1.54, 1.807) is 18.2 Å². The number of rotatable bonds is 3. The van der Waals surface area contributed by atoms with Crippen LogP contribution in [0.4, 0.5) is 0 Å². The summed E-state index contributed by atoms with van der Waals surface area (Å²) in [6, 6.07) is 13.2.